The van der Waals surface area contributed by atoms with Crippen LogP contribution in [-0.2, 0) is 26.1 Å². The molecule has 1 aromatic carbocycles. The summed E-state index contributed by atoms with van der Waals surface area (Å²) in [5.41, 5.74) is 3.95. The zero-order valence-electron chi connectivity index (χ0n) is 12.7. The predicted molar refractivity (Wildman–Crippen MR) is 89.9 cm³/mol. The fourth-order valence-electron chi connectivity index (χ4n) is 1.69. The largest absolute Gasteiger partial charge is 0.466 e. The number of aromatic nitrogens is 1. The third-order valence-corrected chi connectivity index (χ3v) is 4.40. The molecule has 24 heavy (non-hydrogen) atoms. The van der Waals surface area contributed by atoms with Gasteiger partial charge in [-0.25, -0.2) is 4.98 Å². The molecule has 0 atom stereocenters. The van der Waals surface area contributed by atoms with Crippen LogP contribution < -0.4 is 5.43 Å². The van der Waals surface area contributed by atoms with Crippen LogP contribution in [0.2, 0.25) is 0 Å². The lowest BCUT2D eigenvalue weighted by molar-refractivity contribution is -0.142. The molecule has 0 aliphatic rings. The second kappa shape index (κ2) is 7.99. The van der Waals surface area contributed by atoms with Crippen molar-refractivity contribution in [3.8, 4) is 0 Å². The van der Waals surface area contributed by atoms with Gasteiger partial charge in [-0.2, -0.15) is 13.5 Å². The minimum atomic E-state index is -4.20. The monoisotopic (exact) mass is 369 g/mol. The fourth-order valence-corrected chi connectivity index (χ4v) is 2.83. The Hall–Kier alpha value is -2.30. The molecule has 2 N–H and O–H groups in total. The van der Waals surface area contributed by atoms with Crippen molar-refractivity contribution < 1.29 is 22.5 Å². The van der Waals surface area contributed by atoms with Crippen molar-refractivity contribution in [1.29, 1.82) is 0 Å². The van der Waals surface area contributed by atoms with Gasteiger partial charge in [0.25, 0.3) is 10.1 Å². The molecule has 0 aliphatic heterocycles. The molecule has 1 heterocycles. The summed E-state index contributed by atoms with van der Waals surface area (Å²) < 4.78 is 35.6. The number of esters is 1. The summed E-state index contributed by atoms with van der Waals surface area (Å²) in [6.07, 6.45) is 1.58. The van der Waals surface area contributed by atoms with Crippen LogP contribution in [0.25, 0.3) is 0 Å². The van der Waals surface area contributed by atoms with E-state index in [0.29, 0.717) is 23.0 Å². The molecule has 8 nitrogen and oxygen atoms in total. The average Bonchev–Trinajstić information content (AvgIpc) is 2.94. The van der Waals surface area contributed by atoms with E-state index in [9.17, 15) is 13.2 Å². The summed E-state index contributed by atoms with van der Waals surface area (Å²) in [6.45, 7) is 2.07. The summed E-state index contributed by atoms with van der Waals surface area (Å²) in [5, 5.41) is 6.22. The number of rotatable bonds is 7. The number of carbonyl (C=O) groups is 1. The van der Waals surface area contributed by atoms with Crippen LogP contribution in [-0.4, -0.2) is 36.7 Å². The summed E-state index contributed by atoms with van der Waals surface area (Å²) in [5.74, 6) is -0.336. The van der Waals surface area contributed by atoms with Gasteiger partial charge in [-0.15, -0.1) is 11.3 Å². The second-order valence-corrected chi connectivity index (χ2v) is 6.82. The minimum Gasteiger partial charge on any atom is -0.466 e. The zero-order chi connectivity index (χ0) is 17.6. The van der Waals surface area contributed by atoms with E-state index in [-0.39, 0.29) is 17.3 Å². The fraction of sp³-hybridized carbons (Fsp3) is 0.214. The van der Waals surface area contributed by atoms with Crippen LogP contribution in [0.1, 0.15) is 18.2 Å². The van der Waals surface area contributed by atoms with Crippen LogP contribution in [0.4, 0.5) is 5.13 Å². The lowest BCUT2D eigenvalue weighted by atomic mass is 10.2. The number of benzene rings is 1. The topological polar surface area (TPSA) is 118 Å². The number of hydrogen-bond acceptors (Lipinski definition) is 8. The molecule has 0 fully saturated rings. The Morgan fingerprint density at radius 3 is 2.75 bits per heavy atom. The first kappa shape index (κ1) is 18.0. The number of thiazole rings is 1. The van der Waals surface area contributed by atoms with E-state index in [4.69, 9.17) is 9.29 Å². The highest BCUT2D eigenvalue weighted by Crippen LogP contribution is 2.16. The molecule has 0 unspecified atom stereocenters. The lowest BCUT2D eigenvalue weighted by Crippen LogP contribution is -2.07. The smallest absolute Gasteiger partial charge is 0.311 e. The third-order valence-electron chi connectivity index (χ3n) is 2.73. The molecular weight excluding hydrogens is 354 g/mol. The number of nitrogens with zero attached hydrogens (tertiary/aromatic N) is 2. The average molecular weight is 369 g/mol. The number of ether oxygens (including phenoxy) is 1. The highest BCUT2D eigenvalue weighted by atomic mass is 32.2. The van der Waals surface area contributed by atoms with E-state index < -0.39 is 10.1 Å². The van der Waals surface area contributed by atoms with Crippen molar-refractivity contribution in [3.05, 3.63) is 40.9 Å². The van der Waals surface area contributed by atoms with Crippen molar-refractivity contribution in [3.63, 3.8) is 0 Å². The SMILES string of the molecule is CCOC(=O)Cc1csc(NN=Cc2ccc(S(=O)(=O)O)cc2)n1. The molecule has 0 saturated heterocycles. The van der Waals surface area contributed by atoms with Gasteiger partial charge in [-0.1, -0.05) is 12.1 Å². The van der Waals surface area contributed by atoms with Crippen LogP contribution in [0, 0.1) is 0 Å². The molecule has 0 aliphatic carbocycles. The van der Waals surface area contributed by atoms with Gasteiger partial charge in [-0.05, 0) is 24.6 Å². The van der Waals surface area contributed by atoms with Gasteiger partial charge in [0.1, 0.15) is 0 Å². The van der Waals surface area contributed by atoms with E-state index in [0.717, 1.165) is 0 Å². The first-order chi connectivity index (χ1) is 11.4. The molecule has 0 amide bonds. The van der Waals surface area contributed by atoms with Gasteiger partial charge < -0.3 is 4.74 Å². The summed E-state index contributed by atoms with van der Waals surface area (Å²) in [4.78, 5) is 15.4. The Morgan fingerprint density at radius 1 is 1.42 bits per heavy atom. The first-order valence-corrected chi connectivity index (χ1v) is 9.17. The molecule has 2 rings (SSSR count). The Morgan fingerprint density at radius 2 is 2.12 bits per heavy atom. The van der Waals surface area contributed by atoms with Crippen molar-refractivity contribution in [2.75, 3.05) is 12.0 Å². The standard InChI is InChI=1S/C14H15N3O5S2/c1-2-22-13(18)7-11-9-23-14(16-11)17-15-8-10-3-5-12(6-4-10)24(19,20)21/h3-6,8-9H,2,7H2,1H3,(H,16,17)(H,19,20,21). The number of carbonyl (C=O) groups excluding carboxylic acids is 1. The van der Waals surface area contributed by atoms with E-state index in [1.807, 2.05) is 0 Å². The van der Waals surface area contributed by atoms with Crippen LogP contribution >= 0.6 is 11.3 Å². The van der Waals surface area contributed by atoms with Gasteiger partial charge in [0, 0.05) is 5.38 Å². The molecule has 1 aromatic heterocycles. The zero-order valence-corrected chi connectivity index (χ0v) is 14.3. The lowest BCUT2D eigenvalue weighted by Gasteiger charge is -1.98. The first-order valence-electron chi connectivity index (χ1n) is 6.85. The molecule has 0 radical (unpaired) electrons. The Balaban J connectivity index is 1.92. The van der Waals surface area contributed by atoms with E-state index >= 15 is 0 Å². The van der Waals surface area contributed by atoms with Gasteiger partial charge in [0.15, 0.2) is 0 Å². The van der Waals surface area contributed by atoms with Crippen molar-refractivity contribution >= 4 is 38.8 Å². The Kier molecular flexibility index (Phi) is 6.01. The number of hydrogen-bond donors (Lipinski definition) is 2. The van der Waals surface area contributed by atoms with Crippen molar-refractivity contribution in [2.24, 2.45) is 5.10 Å². The summed E-state index contributed by atoms with van der Waals surface area (Å²) in [7, 11) is -4.20. The maximum atomic E-state index is 11.4. The number of nitrogens with one attached hydrogen (secondary N) is 1. The number of anilines is 1. The van der Waals surface area contributed by atoms with Gasteiger partial charge in [0.2, 0.25) is 5.13 Å². The third kappa shape index (κ3) is 5.41. The highest BCUT2D eigenvalue weighted by Gasteiger charge is 2.09. The van der Waals surface area contributed by atoms with Crippen molar-refractivity contribution in [1.82, 2.24) is 4.98 Å². The minimum absolute atomic E-state index is 0.104. The molecule has 0 saturated carbocycles. The van der Waals surface area contributed by atoms with Gasteiger partial charge >= 0.3 is 5.97 Å². The Labute approximate surface area is 142 Å². The normalized spacial score (nSPS) is 11.6. The maximum absolute atomic E-state index is 11.4. The van der Waals surface area contributed by atoms with Gasteiger partial charge in [0.05, 0.1) is 29.8 Å². The molecule has 2 aromatic rings. The van der Waals surface area contributed by atoms with Crippen molar-refractivity contribution in [2.45, 2.75) is 18.2 Å². The maximum Gasteiger partial charge on any atom is 0.311 e. The number of hydrazone groups is 1. The summed E-state index contributed by atoms with van der Waals surface area (Å²) >= 11 is 1.29. The summed E-state index contributed by atoms with van der Waals surface area (Å²) in [6, 6.07) is 5.56. The molecule has 0 bridgehead atoms. The van der Waals surface area contributed by atoms with Crippen LogP contribution in [0.5, 0.6) is 0 Å². The van der Waals surface area contributed by atoms with Crippen LogP contribution in [0.15, 0.2) is 39.6 Å². The van der Waals surface area contributed by atoms with E-state index in [1.54, 1.807) is 12.3 Å². The van der Waals surface area contributed by atoms with Gasteiger partial charge in [-0.3, -0.25) is 14.8 Å². The molecular formula is C14H15N3O5S2. The molecule has 128 valence electrons. The van der Waals surface area contributed by atoms with E-state index in [1.165, 1.54) is 41.8 Å². The van der Waals surface area contributed by atoms with Crippen LogP contribution in [0.3, 0.4) is 0 Å². The molecule has 10 heteroatoms. The second-order valence-electron chi connectivity index (χ2n) is 4.54. The Bertz CT molecular complexity index is 828. The molecule has 0 spiro atoms. The highest BCUT2D eigenvalue weighted by molar-refractivity contribution is 7.85. The quantitative estimate of drug-likeness (QED) is 0.331. The predicted octanol–water partition coefficient (Wildman–Crippen LogP) is 1.94. The van der Waals surface area contributed by atoms with E-state index in [2.05, 4.69) is 15.5 Å².